The number of aryl methyl sites for hydroxylation is 1. The van der Waals surface area contributed by atoms with Gasteiger partial charge in [0.2, 0.25) is 0 Å². The van der Waals surface area contributed by atoms with E-state index in [1.165, 1.54) is 24.8 Å². The van der Waals surface area contributed by atoms with Crippen LogP contribution in [0.2, 0.25) is 0 Å². The summed E-state index contributed by atoms with van der Waals surface area (Å²) < 4.78 is 0. The molecule has 2 nitrogen and oxygen atoms in total. The van der Waals surface area contributed by atoms with Gasteiger partial charge in [-0.25, -0.2) is 4.98 Å². The van der Waals surface area contributed by atoms with Crippen LogP contribution in [0.5, 0.6) is 0 Å². The van der Waals surface area contributed by atoms with E-state index in [1.807, 2.05) is 6.20 Å². The first-order chi connectivity index (χ1) is 7.83. The van der Waals surface area contributed by atoms with Crippen LogP contribution in [0, 0.1) is 30.6 Å². The van der Waals surface area contributed by atoms with Crippen LogP contribution >= 0.6 is 0 Å². The normalized spacial score (nSPS) is 43.2. The van der Waals surface area contributed by atoms with Gasteiger partial charge >= 0.3 is 0 Å². The monoisotopic (exact) mass is 214 g/mol. The third kappa shape index (κ3) is 1.16. The highest BCUT2D eigenvalue weighted by atomic mass is 15.1. The third-order valence-electron chi connectivity index (χ3n) is 4.97. The second kappa shape index (κ2) is 2.99. The zero-order valence-corrected chi connectivity index (χ0v) is 9.69. The summed E-state index contributed by atoms with van der Waals surface area (Å²) in [6.45, 7) is 2.13. The molecule has 1 heterocycles. The van der Waals surface area contributed by atoms with E-state index in [0.717, 1.165) is 35.5 Å². The van der Waals surface area contributed by atoms with Gasteiger partial charge in [0.05, 0.1) is 0 Å². The maximum atomic E-state index is 4.41. The molecule has 0 aliphatic heterocycles. The van der Waals surface area contributed by atoms with Gasteiger partial charge < -0.3 is 5.32 Å². The van der Waals surface area contributed by atoms with E-state index < -0.39 is 0 Å². The number of nitrogens with zero attached hydrogens (tertiary/aromatic N) is 1. The second-order valence-corrected chi connectivity index (χ2v) is 5.88. The number of pyridine rings is 1. The van der Waals surface area contributed by atoms with Crippen molar-refractivity contribution in [1.82, 2.24) is 4.98 Å². The van der Waals surface area contributed by atoms with Crippen LogP contribution in [0.1, 0.15) is 24.8 Å². The molecule has 4 atom stereocenters. The first-order valence-electron chi connectivity index (χ1n) is 6.52. The lowest BCUT2D eigenvalue weighted by Crippen LogP contribution is -2.13. The Morgan fingerprint density at radius 3 is 2.69 bits per heavy atom. The molecule has 1 aromatic heterocycles. The van der Waals surface area contributed by atoms with E-state index in [-0.39, 0.29) is 0 Å². The van der Waals surface area contributed by atoms with Crippen molar-refractivity contribution in [1.29, 1.82) is 0 Å². The standard InChI is InChI=1S/C14H18N2/c1-8-4-5-15-11(6-8)16-14-12-9-2-3-10(7-9)13(12)14/h4-6,9-10,12-14H,2-3,7H2,1H3,(H,15,16). The van der Waals surface area contributed by atoms with E-state index in [1.54, 1.807) is 0 Å². The first kappa shape index (κ1) is 9.03. The number of hydrogen-bond acceptors (Lipinski definition) is 2. The van der Waals surface area contributed by atoms with Crippen LogP contribution in [0.4, 0.5) is 5.82 Å². The molecule has 0 saturated heterocycles. The summed E-state index contributed by atoms with van der Waals surface area (Å²) in [5, 5.41) is 3.65. The van der Waals surface area contributed by atoms with Crippen LogP contribution < -0.4 is 5.32 Å². The highest BCUT2D eigenvalue weighted by molar-refractivity contribution is 5.42. The molecule has 2 heteroatoms. The highest BCUT2D eigenvalue weighted by Gasteiger charge is 2.65. The molecule has 16 heavy (non-hydrogen) atoms. The minimum atomic E-state index is 0.751. The fourth-order valence-corrected chi connectivity index (χ4v) is 4.30. The van der Waals surface area contributed by atoms with E-state index in [9.17, 15) is 0 Å². The molecule has 2 bridgehead atoms. The quantitative estimate of drug-likeness (QED) is 0.819. The van der Waals surface area contributed by atoms with Gasteiger partial charge in [0, 0.05) is 12.2 Å². The average Bonchev–Trinajstić information content (AvgIpc) is 2.70. The van der Waals surface area contributed by atoms with Crippen molar-refractivity contribution in [3.8, 4) is 0 Å². The molecule has 1 N–H and O–H groups in total. The predicted molar refractivity (Wildman–Crippen MR) is 64.2 cm³/mol. The molecule has 4 unspecified atom stereocenters. The number of anilines is 1. The molecular formula is C14H18N2. The molecule has 0 radical (unpaired) electrons. The van der Waals surface area contributed by atoms with Gasteiger partial charge in [-0.2, -0.15) is 0 Å². The Kier molecular flexibility index (Phi) is 1.69. The van der Waals surface area contributed by atoms with Crippen LogP contribution in [0.3, 0.4) is 0 Å². The van der Waals surface area contributed by atoms with Crippen molar-refractivity contribution in [3.63, 3.8) is 0 Å². The number of rotatable bonds is 2. The molecule has 0 spiro atoms. The number of nitrogens with one attached hydrogen (secondary N) is 1. The molecule has 84 valence electrons. The Balaban J connectivity index is 1.51. The third-order valence-corrected chi connectivity index (χ3v) is 4.97. The van der Waals surface area contributed by atoms with Crippen molar-refractivity contribution < 1.29 is 0 Å². The van der Waals surface area contributed by atoms with Gasteiger partial charge in [-0.15, -0.1) is 0 Å². The predicted octanol–water partition coefficient (Wildman–Crippen LogP) is 2.85. The minimum absolute atomic E-state index is 0.751. The maximum absolute atomic E-state index is 4.41. The second-order valence-electron chi connectivity index (χ2n) is 5.88. The Morgan fingerprint density at radius 1 is 1.25 bits per heavy atom. The summed E-state index contributed by atoms with van der Waals surface area (Å²) in [5.41, 5.74) is 1.30. The lowest BCUT2D eigenvalue weighted by Gasteiger charge is -2.11. The van der Waals surface area contributed by atoms with E-state index in [0.29, 0.717) is 0 Å². The Bertz CT molecular complexity index is 412. The molecule has 1 aromatic rings. The average molecular weight is 214 g/mol. The summed E-state index contributed by atoms with van der Waals surface area (Å²) in [4.78, 5) is 4.41. The lowest BCUT2D eigenvalue weighted by molar-refractivity contribution is 0.456. The van der Waals surface area contributed by atoms with Gasteiger partial charge in [-0.1, -0.05) is 0 Å². The fourth-order valence-electron chi connectivity index (χ4n) is 4.30. The zero-order valence-electron chi connectivity index (χ0n) is 9.69. The minimum Gasteiger partial charge on any atom is -0.367 e. The van der Waals surface area contributed by atoms with Crippen LogP contribution in [0.15, 0.2) is 18.3 Å². The van der Waals surface area contributed by atoms with Gasteiger partial charge in [-0.05, 0) is 67.6 Å². The van der Waals surface area contributed by atoms with Gasteiger partial charge in [-0.3, -0.25) is 0 Å². The fraction of sp³-hybridized carbons (Fsp3) is 0.643. The highest BCUT2D eigenvalue weighted by Crippen LogP contribution is 2.66. The van der Waals surface area contributed by atoms with Crippen molar-refractivity contribution in [2.24, 2.45) is 23.7 Å². The maximum Gasteiger partial charge on any atom is 0.126 e. The van der Waals surface area contributed by atoms with Crippen LogP contribution in [-0.4, -0.2) is 11.0 Å². The molecule has 4 rings (SSSR count). The van der Waals surface area contributed by atoms with Crippen molar-refractivity contribution in [2.75, 3.05) is 5.32 Å². The van der Waals surface area contributed by atoms with Gasteiger partial charge in [0.15, 0.2) is 0 Å². The summed E-state index contributed by atoms with van der Waals surface area (Å²) in [5.74, 6) is 5.13. The van der Waals surface area contributed by atoms with Gasteiger partial charge in [0.1, 0.15) is 5.82 Å². The SMILES string of the molecule is Cc1ccnc(NC2C3C4CCC(C4)C23)c1. The molecule has 3 fully saturated rings. The Morgan fingerprint density at radius 2 is 2.00 bits per heavy atom. The summed E-state index contributed by atoms with van der Waals surface area (Å²) in [6.07, 6.45) is 6.41. The van der Waals surface area contributed by atoms with Crippen molar-refractivity contribution in [3.05, 3.63) is 23.9 Å². The molecular weight excluding hydrogens is 196 g/mol. The van der Waals surface area contributed by atoms with E-state index in [4.69, 9.17) is 0 Å². The molecule has 0 amide bonds. The van der Waals surface area contributed by atoms with Crippen molar-refractivity contribution >= 4 is 5.82 Å². The molecule has 0 aromatic carbocycles. The summed E-state index contributed by atoms with van der Waals surface area (Å²) in [7, 11) is 0. The van der Waals surface area contributed by atoms with Crippen LogP contribution in [0.25, 0.3) is 0 Å². The Hall–Kier alpha value is -1.05. The van der Waals surface area contributed by atoms with E-state index in [2.05, 4.69) is 29.4 Å². The van der Waals surface area contributed by atoms with Crippen LogP contribution in [-0.2, 0) is 0 Å². The smallest absolute Gasteiger partial charge is 0.126 e. The summed E-state index contributed by atoms with van der Waals surface area (Å²) >= 11 is 0. The number of hydrogen-bond donors (Lipinski definition) is 1. The number of fused-ring (bicyclic) bond motifs is 5. The lowest BCUT2D eigenvalue weighted by atomic mass is 10.0. The molecule has 3 saturated carbocycles. The largest absolute Gasteiger partial charge is 0.367 e. The molecule has 3 aliphatic rings. The zero-order chi connectivity index (χ0) is 10.7. The summed E-state index contributed by atoms with van der Waals surface area (Å²) in [6, 6.07) is 4.97. The van der Waals surface area contributed by atoms with Crippen molar-refractivity contribution in [2.45, 2.75) is 32.2 Å². The topological polar surface area (TPSA) is 24.9 Å². The van der Waals surface area contributed by atoms with E-state index >= 15 is 0 Å². The first-order valence-corrected chi connectivity index (χ1v) is 6.52. The van der Waals surface area contributed by atoms with Gasteiger partial charge in [0.25, 0.3) is 0 Å². The number of aromatic nitrogens is 1. The Labute approximate surface area is 96.5 Å². The molecule has 3 aliphatic carbocycles.